The van der Waals surface area contributed by atoms with Crippen molar-refractivity contribution in [2.24, 2.45) is 0 Å². The SMILES string of the molecule is Cc1cc(Nc2nc(Nc3cc(C)c(C4CCN(C(=O)n5cnnn5)CC4)cc3F)ncc2Cl)n[nH]1. The van der Waals surface area contributed by atoms with Crippen LogP contribution in [0.2, 0.25) is 5.02 Å². The average molecular weight is 512 g/mol. The van der Waals surface area contributed by atoms with Gasteiger partial charge in [-0.25, -0.2) is 14.2 Å². The third kappa shape index (κ3) is 4.96. The summed E-state index contributed by atoms with van der Waals surface area (Å²) in [6.45, 7) is 4.89. The highest BCUT2D eigenvalue weighted by molar-refractivity contribution is 6.32. The molecule has 1 fully saturated rings. The second-order valence-electron chi connectivity index (χ2n) is 8.56. The van der Waals surface area contributed by atoms with Crippen LogP contribution in [0.1, 0.15) is 35.6 Å². The van der Waals surface area contributed by atoms with Crippen molar-refractivity contribution in [1.29, 1.82) is 0 Å². The Morgan fingerprint density at radius 2 is 2.00 bits per heavy atom. The van der Waals surface area contributed by atoms with E-state index in [1.165, 1.54) is 12.5 Å². The van der Waals surface area contributed by atoms with Gasteiger partial charge in [-0.05, 0) is 66.3 Å². The molecule has 5 rings (SSSR count). The number of tetrazole rings is 1. The Labute approximate surface area is 210 Å². The molecule has 0 radical (unpaired) electrons. The molecule has 36 heavy (non-hydrogen) atoms. The van der Waals surface area contributed by atoms with Crippen LogP contribution in [0.15, 0.2) is 30.7 Å². The van der Waals surface area contributed by atoms with E-state index in [1.54, 1.807) is 23.1 Å². The fourth-order valence-corrected chi connectivity index (χ4v) is 4.39. The van der Waals surface area contributed by atoms with Gasteiger partial charge >= 0.3 is 6.03 Å². The molecule has 1 aliphatic heterocycles. The number of nitrogens with zero attached hydrogens (tertiary/aromatic N) is 8. The third-order valence-corrected chi connectivity index (χ3v) is 6.33. The highest BCUT2D eigenvalue weighted by Gasteiger charge is 2.27. The summed E-state index contributed by atoms with van der Waals surface area (Å²) in [4.78, 5) is 22.7. The molecule has 4 heterocycles. The van der Waals surface area contributed by atoms with Crippen LogP contribution in [0.3, 0.4) is 0 Å². The van der Waals surface area contributed by atoms with E-state index < -0.39 is 5.82 Å². The van der Waals surface area contributed by atoms with Gasteiger partial charge in [-0.15, -0.1) is 9.78 Å². The average Bonchev–Trinajstić information content (AvgIpc) is 3.55. The van der Waals surface area contributed by atoms with Gasteiger partial charge in [-0.3, -0.25) is 5.10 Å². The van der Waals surface area contributed by atoms with Crippen molar-refractivity contribution in [1.82, 2.24) is 45.3 Å². The minimum atomic E-state index is -0.418. The van der Waals surface area contributed by atoms with Crippen LogP contribution in [0.25, 0.3) is 0 Å². The van der Waals surface area contributed by atoms with Gasteiger partial charge in [0.1, 0.15) is 17.2 Å². The summed E-state index contributed by atoms with van der Waals surface area (Å²) >= 11 is 6.22. The Kier molecular flexibility index (Phi) is 6.46. The molecule has 14 heteroatoms. The van der Waals surface area contributed by atoms with E-state index in [1.807, 2.05) is 13.8 Å². The summed E-state index contributed by atoms with van der Waals surface area (Å²) in [5.41, 5.74) is 2.99. The predicted molar refractivity (Wildman–Crippen MR) is 130 cm³/mol. The standard InChI is InChI=1S/C22H23ClFN11O/c1-12-7-18(27-21-25-10-16(23)20(29-21)28-19-8-13(2)30-31-19)17(24)9-15(12)14-3-5-34(6-4-14)22(36)35-11-26-32-33-35/h7-11,14H,3-6H2,1-2H3,(H3,25,27,28,29,30,31). The van der Waals surface area contributed by atoms with Gasteiger partial charge in [0, 0.05) is 24.8 Å². The second kappa shape index (κ2) is 9.85. The lowest BCUT2D eigenvalue weighted by atomic mass is 9.86. The van der Waals surface area contributed by atoms with Gasteiger partial charge in [0.05, 0.1) is 11.9 Å². The highest BCUT2D eigenvalue weighted by Crippen LogP contribution is 2.34. The van der Waals surface area contributed by atoms with Crippen LogP contribution in [-0.4, -0.2) is 64.4 Å². The van der Waals surface area contributed by atoms with Gasteiger partial charge in [-0.2, -0.15) is 10.1 Å². The van der Waals surface area contributed by atoms with Crippen molar-refractivity contribution in [3.63, 3.8) is 0 Å². The Hall–Kier alpha value is -4.13. The number of likely N-dealkylation sites (tertiary alicyclic amines) is 1. The maximum Gasteiger partial charge on any atom is 0.347 e. The molecule has 4 aromatic rings. The number of piperidine rings is 1. The molecule has 1 aliphatic rings. The fourth-order valence-electron chi connectivity index (χ4n) is 4.25. The van der Waals surface area contributed by atoms with E-state index in [0.717, 1.165) is 21.5 Å². The van der Waals surface area contributed by atoms with E-state index in [0.29, 0.717) is 42.6 Å². The number of aromatic nitrogens is 8. The summed E-state index contributed by atoms with van der Waals surface area (Å²) in [5, 5.41) is 23.9. The van der Waals surface area contributed by atoms with Crippen LogP contribution in [-0.2, 0) is 0 Å². The maximum absolute atomic E-state index is 15.1. The lowest BCUT2D eigenvalue weighted by Gasteiger charge is -2.32. The van der Waals surface area contributed by atoms with E-state index >= 15 is 4.39 Å². The van der Waals surface area contributed by atoms with Crippen LogP contribution < -0.4 is 10.6 Å². The van der Waals surface area contributed by atoms with Crippen molar-refractivity contribution in [3.05, 3.63) is 58.4 Å². The zero-order valence-corrected chi connectivity index (χ0v) is 20.3. The monoisotopic (exact) mass is 511 g/mol. The molecule has 3 N–H and O–H groups in total. The van der Waals surface area contributed by atoms with Crippen LogP contribution in [0.5, 0.6) is 0 Å². The normalized spacial score (nSPS) is 14.2. The van der Waals surface area contributed by atoms with E-state index in [2.05, 4.69) is 46.3 Å². The molecule has 3 aromatic heterocycles. The Morgan fingerprint density at radius 3 is 2.69 bits per heavy atom. The van der Waals surface area contributed by atoms with Gasteiger partial charge in [0.25, 0.3) is 0 Å². The van der Waals surface area contributed by atoms with Crippen molar-refractivity contribution < 1.29 is 9.18 Å². The van der Waals surface area contributed by atoms with Crippen LogP contribution in [0.4, 0.5) is 32.5 Å². The van der Waals surface area contributed by atoms with Crippen molar-refractivity contribution in [3.8, 4) is 0 Å². The largest absolute Gasteiger partial charge is 0.347 e. The second-order valence-corrected chi connectivity index (χ2v) is 8.97. The number of hydrogen-bond donors (Lipinski definition) is 3. The quantitative estimate of drug-likeness (QED) is 0.339. The molecule has 1 aromatic carbocycles. The number of amides is 1. The number of hydrogen-bond acceptors (Lipinski definition) is 9. The lowest BCUT2D eigenvalue weighted by Crippen LogP contribution is -2.40. The number of carbonyl (C=O) groups is 1. The molecule has 0 bridgehead atoms. The highest BCUT2D eigenvalue weighted by atomic mass is 35.5. The van der Waals surface area contributed by atoms with E-state index in [-0.39, 0.29) is 23.6 Å². The van der Waals surface area contributed by atoms with E-state index in [4.69, 9.17) is 11.6 Å². The topological polar surface area (TPSA) is 142 Å². The molecule has 0 atom stereocenters. The molecule has 1 amide bonds. The minimum absolute atomic E-state index is 0.131. The maximum atomic E-state index is 15.1. The molecule has 186 valence electrons. The number of nitrogens with one attached hydrogen (secondary N) is 3. The number of aromatic amines is 1. The van der Waals surface area contributed by atoms with Crippen LogP contribution >= 0.6 is 11.6 Å². The Balaban J connectivity index is 1.27. The summed E-state index contributed by atoms with van der Waals surface area (Å²) in [7, 11) is 0. The number of halogens is 2. The first-order valence-corrected chi connectivity index (χ1v) is 11.7. The summed E-state index contributed by atoms with van der Waals surface area (Å²) < 4.78 is 16.2. The first-order valence-electron chi connectivity index (χ1n) is 11.3. The first-order chi connectivity index (χ1) is 17.4. The smallest absolute Gasteiger partial charge is 0.323 e. The minimum Gasteiger partial charge on any atom is -0.323 e. The number of rotatable bonds is 5. The molecule has 12 nitrogen and oxygen atoms in total. The van der Waals surface area contributed by atoms with E-state index in [9.17, 15) is 4.79 Å². The number of benzene rings is 1. The van der Waals surface area contributed by atoms with Crippen LogP contribution in [0, 0.1) is 19.7 Å². The molecule has 0 spiro atoms. The number of carbonyl (C=O) groups excluding carboxylic acids is 1. The molecular formula is C22H23ClFN11O. The van der Waals surface area contributed by atoms with Crippen molar-refractivity contribution >= 4 is 40.9 Å². The number of anilines is 4. The number of aryl methyl sites for hydroxylation is 2. The summed E-state index contributed by atoms with van der Waals surface area (Å²) in [5.74, 6) is 0.799. The van der Waals surface area contributed by atoms with Gasteiger partial charge in [0.2, 0.25) is 5.95 Å². The van der Waals surface area contributed by atoms with Gasteiger partial charge < -0.3 is 15.5 Å². The van der Waals surface area contributed by atoms with Crippen molar-refractivity contribution in [2.75, 3.05) is 23.7 Å². The summed E-state index contributed by atoms with van der Waals surface area (Å²) in [6, 6.07) is 4.83. The van der Waals surface area contributed by atoms with Gasteiger partial charge in [0.15, 0.2) is 11.6 Å². The zero-order valence-electron chi connectivity index (χ0n) is 19.5. The van der Waals surface area contributed by atoms with Crippen molar-refractivity contribution in [2.45, 2.75) is 32.6 Å². The molecule has 0 aliphatic carbocycles. The summed E-state index contributed by atoms with van der Waals surface area (Å²) in [6.07, 6.45) is 4.13. The Bertz CT molecular complexity index is 1380. The lowest BCUT2D eigenvalue weighted by molar-refractivity contribution is 0.179. The Morgan fingerprint density at radius 1 is 1.19 bits per heavy atom. The molecular weight excluding hydrogens is 489 g/mol. The van der Waals surface area contributed by atoms with Gasteiger partial charge in [-0.1, -0.05) is 11.6 Å². The molecule has 1 saturated heterocycles. The molecule has 0 saturated carbocycles. The first kappa shape index (κ1) is 23.6. The zero-order chi connectivity index (χ0) is 25.2. The fraction of sp³-hybridized carbons (Fsp3) is 0.318. The predicted octanol–water partition coefficient (Wildman–Crippen LogP) is 3.93. The number of H-pyrrole nitrogens is 1. The third-order valence-electron chi connectivity index (χ3n) is 6.05. The molecule has 0 unspecified atom stereocenters.